The lowest BCUT2D eigenvalue weighted by atomic mass is 10.1. The minimum atomic E-state index is -0.263. The van der Waals surface area contributed by atoms with E-state index in [0.717, 1.165) is 35.7 Å². The monoisotopic (exact) mass is 487 g/mol. The summed E-state index contributed by atoms with van der Waals surface area (Å²) in [5, 5.41) is 10.3. The second-order valence-corrected chi connectivity index (χ2v) is 9.00. The van der Waals surface area contributed by atoms with E-state index < -0.39 is 0 Å². The maximum absolute atomic E-state index is 13.4. The molecule has 2 amide bonds. The fourth-order valence-electron chi connectivity index (χ4n) is 4.83. The Morgan fingerprint density at radius 3 is 2.17 bits per heavy atom. The first-order valence-corrected chi connectivity index (χ1v) is 11.9. The number of imide groups is 1. The molecule has 3 aromatic carbocycles. The standard InChI is InChI=1S/C28H29N3O5/c1-35-21-9-6-19(7-10-21)17-31-27(33)23-4-3-5-24(26(23)28(31)34)30-14-12-29(13-15-30)18-20-8-11-22(36-2)16-25(20)32/h3-11,16,32H,12-15,17-18H2,1-2H3. The molecule has 1 saturated heterocycles. The lowest BCUT2D eigenvalue weighted by molar-refractivity contribution is 0.0642. The van der Waals surface area contributed by atoms with Crippen LogP contribution in [0.15, 0.2) is 60.7 Å². The second-order valence-electron chi connectivity index (χ2n) is 9.00. The van der Waals surface area contributed by atoms with Crippen LogP contribution in [0, 0.1) is 0 Å². The molecule has 0 radical (unpaired) electrons. The average molecular weight is 488 g/mol. The fraction of sp³-hybridized carbons (Fsp3) is 0.286. The van der Waals surface area contributed by atoms with Crippen LogP contribution in [0.5, 0.6) is 17.2 Å². The number of rotatable bonds is 7. The van der Waals surface area contributed by atoms with Gasteiger partial charge in [-0.3, -0.25) is 19.4 Å². The topological polar surface area (TPSA) is 82.6 Å². The second kappa shape index (κ2) is 9.91. The van der Waals surface area contributed by atoms with E-state index in [1.165, 1.54) is 4.90 Å². The van der Waals surface area contributed by atoms with Crippen molar-refractivity contribution in [2.75, 3.05) is 45.3 Å². The Hall–Kier alpha value is -4.04. The number of phenolic OH excluding ortho intramolecular Hbond substituents is 1. The van der Waals surface area contributed by atoms with Crippen LogP contribution < -0.4 is 14.4 Å². The van der Waals surface area contributed by atoms with Gasteiger partial charge in [0.2, 0.25) is 0 Å². The molecule has 36 heavy (non-hydrogen) atoms. The Morgan fingerprint density at radius 1 is 0.806 bits per heavy atom. The van der Waals surface area contributed by atoms with Crippen LogP contribution in [0.3, 0.4) is 0 Å². The number of aromatic hydroxyl groups is 1. The Balaban J connectivity index is 1.28. The quantitative estimate of drug-likeness (QED) is 0.511. The number of fused-ring (bicyclic) bond motifs is 1. The molecule has 0 atom stereocenters. The van der Waals surface area contributed by atoms with E-state index in [4.69, 9.17) is 9.47 Å². The number of hydrogen-bond donors (Lipinski definition) is 1. The Morgan fingerprint density at radius 2 is 1.50 bits per heavy atom. The molecule has 0 saturated carbocycles. The van der Waals surface area contributed by atoms with Gasteiger partial charge in [-0.05, 0) is 35.9 Å². The van der Waals surface area contributed by atoms with Gasteiger partial charge in [-0.1, -0.05) is 24.3 Å². The van der Waals surface area contributed by atoms with Crippen LogP contribution in [0.1, 0.15) is 31.8 Å². The van der Waals surface area contributed by atoms with Crippen LogP contribution in [-0.4, -0.2) is 67.1 Å². The van der Waals surface area contributed by atoms with E-state index in [2.05, 4.69) is 9.80 Å². The van der Waals surface area contributed by atoms with Gasteiger partial charge in [0.05, 0.1) is 37.6 Å². The number of piperazine rings is 1. The van der Waals surface area contributed by atoms with Crippen molar-refractivity contribution in [3.8, 4) is 17.2 Å². The summed E-state index contributed by atoms with van der Waals surface area (Å²) in [4.78, 5) is 32.3. The molecule has 3 aromatic rings. The third-order valence-corrected chi connectivity index (χ3v) is 6.88. The molecule has 0 unspecified atom stereocenters. The normalized spacial score (nSPS) is 15.8. The summed E-state index contributed by atoms with van der Waals surface area (Å²) in [7, 11) is 3.17. The zero-order valence-electron chi connectivity index (χ0n) is 20.4. The van der Waals surface area contributed by atoms with Crippen molar-refractivity contribution < 1.29 is 24.2 Å². The largest absolute Gasteiger partial charge is 0.507 e. The van der Waals surface area contributed by atoms with Gasteiger partial charge >= 0.3 is 0 Å². The van der Waals surface area contributed by atoms with Crippen molar-refractivity contribution >= 4 is 17.5 Å². The number of carbonyl (C=O) groups is 2. The maximum atomic E-state index is 13.4. The minimum absolute atomic E-state index is 0.217. The van der Waals surface area contributed by atoms with Crippen LogP contribution in [0.2, 0.25) is 0 Å². The summed E-state index contributed by atoms with van der Waals surface area (Å²) in [5.41, 5.74) is 3.45. The Bertz CT molecular complexity index is 1280. The van der Waals surface area contributed by atoms with E-state index in [1.807, 2.05) is 48.5 Å². The number of benzene rings is 3. The van der Waals surface area contributed by atoms with E-state index in [-0.39, 0.29) is 24.1 Å². The van der Waals surface area contributed by atoms with E-state index in [0.29, 0.717) is 36.5 Å². The molecule has 0 aliphatic carbocycles. The molecule has 186 valence electrons. The summed E-state index contributed by atoms with van der Waals surface area (Å²) in [6.07, 6.45) is 0. The molecule has 2 aliphatic heterocycles. The highest BCUT2D eigenvalue weighted by atomic mass is 16.5. The van der Waals surface area contributed by atoms with Gasteiger partial charge in [-0.25, -0.2) is 0 Å². The number of phenols is 1. The molecular weight excluding hydrogens is 458 g/mol. The first-order valence-electron chi connectivity index (χ1n) is 11.9. The van der Waals surface area contributed by atoms with Crippen LogP contribution in [0.4, 0.5) is 5.69 Å². The number of carbonyl (C=O) groups excluding carboxylic acids is 2. The number of hydrogen-bond acceptors (Lipinski definition) is 7. The van der Waals surface area contributed by atoms with Crippen molar-refractivity contribution in [3.05, 3.63) is 82.9 Å². The predicted molar refractivity (Wildman–Crippen MR) is 136 cm³/mol. The highest BCUT2D eigenvalue weighted by Gasteiger charge is 2.38. The average Bonchev–Trinajstić information content (AvgIpc) is 3.15. The maximum Gasteiger partial charge on any atom is 0.263 e. The van der Waals surface area contributed by atoms with Crippen LogP contribution >= 0.6 is 0 Å². The van der Waals surface area contributed by atoms with Gasteiger partial charge < -0.3 is 19.5 Å². The molecule has 5 rings (SSSR count). The third kappa shape index (κ3) is 4.47. The molecule has 1 fully saturated rings. The zero-order chi connectivity index (χ0) is 25.2. The SMILES string of the molecule is COc1ccc(CN2C(=O)c3cccc(N4CCN(Cc5ccc(OC)cc5O)CC4)c3C2=O)cc1. The van der Waals surface area contributed by atoms with Crippen molar-refractivity contribution in [2.45, 2.75) is 13.1 Å². The number of ether oxygens (including phenoxy) is 2. The molecule has 2 aliphatic rings. The molecule has 8 heteroatoms. The van der Waals surface area contributed by atoms with Crippen molar-refractivity contribution in [1.82, 2.24) is 9.80 Å². The number of amides is 2. The summed E-state index contributed by atoms with van der Waals surface area (Å²) in [5.74, 6) is 1.05. The Kier molecular flexibility index (Phi) is 6.52. The first-order chi connectivity index (χ1) is 17.5. The molecule has 2 heterocycles. The van der Waals surface area contributed by atoms with Crippen molar-refractivity contribution in [2.24, 2.45) is 0 Å². The van der Waals surface area contributed by atoms with E-state index in [9.17, 15) is 14.7 Å². The Labute approximate surface area is 210 Å². The lowest BCUT2D eigenvalue weighted by Crippen LogP contribution is -2.46. The molecule has 0 aromatic heterocycles. The number of nitrogens with zero attached hydrogens (tertiary/aromatic N) is 3. The molecule has 0 bridgehead atoms. The van der Waals surface area contributed by atoms with Gasteiger partial charge in [0.1, 0.15) is 17.2 Å². The van der Waals surface area contributed by atoms with Crippen molar-refractivity contribution in [1.29, 1.82) is 0 Å². The van der Waals surface area contributed by atoms with Gasteiger partial charge in [-0.15, -0.1) is 0 Å². The summed E-state index contributed by atoms with van der Waals surface area (Å²) in [6, 6.07) is 18.2. The minimum Gasteiger partial charge on any atom is -0.507 e. The predicted octanol–water partition coefficient (Wildman–Crippen LogP) is 3.53. The molecular formula is C28H29N3O5. The third-order valence-electron chi connectivity index (χ3n) is 6.88. The molecule has 8 nitrogen and oxygen atoms in total. The van der Waals surface area contributed by atoms with E-state index in [1.54, 1.807) is 26.4 Å². The fourth-order valence-corrected chi connectivity index (χ4v) is 4.83. The van der Waals surface area contributed by atoms with Crippen LogP contribution in [0.25, 0.3) is 0 Å². The van der Waals surface area contributed by atoms with Gasteiger partial charge in [0.25, 0.3) is 11.8 Å². The zero-order valence-corrected chi connectivity index (χ0v) is 20.4. The first kappa shape index (κ1) is 23.7. The van der Waals surface area contributed by atoms with Crippen LogP contribution in [-0.2, 0) is 13.1 Å². The van der Waals surface area contributed by atoms with Crippen molar-refractivity contribution in [3.63, 3.8) is 0 Å². The summed E-state index contributed by atoms with van der Waals surface area (Å²) in [6.45, 7) is 3.82. The van der Waals surface area contributed by atoms with Gasteiger partial charge in [-0.2, -0.15) is 0 Å². The summed E-state index contributed by atoms with van der Waals surface area (Å²) < 4.78 is 10.4. The van der Waals surface area contributed by atoms with E-state index >= 15 is 0 Å². The smallest absolute Gasteiger partial charge is 0.263 e. The molecule has 0 spiro atoms. The number of methoxy groups -OCH3 is 2. The number of anilines is 1. The highest BCUT2D eigenvalue weighted by Crippen LogP contribution is 2.34. The van der Waals surface area contributed by atoms with Gasteiger partial charge in [0.15, 0.2) is 0 Å². The highest BCUT2D eigenvalue weighted by molar-refractivity contribution is 6.23. The lowest BCUT2D eigenvalue weighted by Gasteiger charge is -2.36. The summed E-state index contributed by atoms with van der Waals surface area (Å²) >= 11 is 0. The molecule has 1 N–H and O–H groups in total. The van der Waals surface area contributed by atoms with Gasteiger partial charge in [0, 0.05) is 44.4 Å².